The molecule has 1 N–H and O–H groups in total. The molecule has 0 radical (unpaired) electrons. The Kier molecular flexibility index (Phi) is 5.88. The lowest BCUT2D eigenvalue weighted by Gasteiger charge is -2.22. The number of hydrogen-bond acceptors (Lipinski definition) is 3. The number of hydrogen-bond donors (Lipinski definition) is 1. The first-order valence-corrected chi connectivity index (χ1v) is 7.74. The van der Waals surface area contributed by atoms with Crippen molar-refractivity contribution in [3.63, 3.8) is 0 Å². The summed E-state index contributed by atoms with van der Waals surface area (Å²) in [5, 5.41) is 3.29. The number of halogens is 2. The summed E-state index contributed by atoms with van der Waals surface area (Å²) in [6, 6.07) is 4.89. The number of nitrogens with one attached hydrogen (secondary N) is 1. The fourth-order valence-electron chi connectivity index (χ4n) is 2.39. The van der Waals surface area contributed by atoms with Gasteiger partial charge in [-0.3, -0.25) is 4.79 Å². The average molecular weight is 330 g/mol. The van der Waals surface area contributed by atoms with Gasteiger partial charge >= 0.3 is 5.97 Å². The molecule has 1 aromatic rings. The Morgan fingerprint density at radius 3 is 2.62 bits per heavy atom. The predicted molar refractivity (Wildman–Crippen MR) is 81.8 cm³/mol. The van der Waals surface area contributed by atoms with Crippen LogP contribution in [0.5, 0.6) is 0 Å². The molecule has 1 saturated carbocycles. The molecule has 1 fully saturated rings. The van der Waals surface area contributed by atoms with E-state index < -0.39 is 5.97 Å². The highest BCUT2D eigenvalue weighted by atomic mass is 35.5. The number of benzene rings is 1. The lowest BCUT2D eigenvalue weighted by Crippen LogP contribution is -2.38. The van der Waals surface area contributed by atoms with Crippen molar-refractivity contribution in [2.45, 2.75) is 38.1 Å². The van der Waals surface area contributed by atoms with E-state index in [0.29, 0.717) is 0 Å². The van der Waals surface area contributed by atoms with Gasteiger partial charge in [0.2, 0.25) is 0 Å². The Balaban J connectivity index is 1.83. The van der Waals surface area contributed by atoms with Crippen LogP contribution in [-0.2, 0) is 9.53 Å². The number of ether oxygens (including phenoxy) is 1. The van der Waals surface area contributed by atoms with Gasteiger partial charge in [-0.25, -0.2) is 4.79 Å². The normalized spacial score (nSPS) is 15.5. The smallest absolute Gasteiger partial charge is 0.340 e. The van der Waals surface area contributed by atoms with Crippen LogP contribution in [-0.4, -0.2) is 24.5 Å². The average Bonchev–Trinajstić information content (AvgIpc) is 2.48. The van der Waals surface area contributed by atoms with Crippen LogP contribution in [0.4, 0.5) is 0 Å². The van der Waals surface area contributed by atoms with E-state index >= 15 is 0 Å². The standard InChI is InChI=1S/C15H17Cl2NO3/c16-12-8-4-7-11(14(12)17)15(20)21-9-13(19)18-10-5-2-1-3-6-10/h4,7-8,10H,1-3,5-6,9H2,(H,18,19). The summed E-state index contributed by atoms with van der Waals surface area (Å²) < 4.78 is 4.97. The predicted octanol–water partition coefficient (Wildman–Crippen LogP) is 3.60. The van der Waals surface area contributed by atoms with Crippen LogP contribution in [0, 0.1) is 0 Å². The highest BCUT2D eigenvalue weighted by Gasteiger charge is 2.18. The molecule has 4 nitrogen and oxygen atoms in total. The number of esters is 1. The molecule has 0 heterocycles. The maximum atomic E-state index is 11.9. The molecule has 0 aliphatic heterocycles. The maximum absolute atomic E-state index is 11.9. The maximum Gasteiger partial charge on any atom is 0.340 e. The van der Waals surface area contributed by atoms with Gasteiger partial charge in [0, 0.05) is 6.04 Å². The lowest BCUT2D eigenvalue weighted by molar-refractivity contribution is -0.125. The third kappa shape index (κ3) is 4.61. The number of carbonyl (C=O) groups is 2. The quantitative estimate of drug-likeness (QED) is 0.858. The van der Waals surface area contributed by atoms with Gasteiger partial charge < -0.3 is 10.1 Å². The van der Waals surface area contributed by atoms with Crippen molar-refractivity contribution in [1.82, 2.24) is 5.32 Å². The third-order valence-corrected chi connectivity index (χ3v) is 4.30. The molecule has 6 heteroatoms. The Bertz CT molecular complexity index is 528. The third-order valence-electron chi connectivity index (χ3n) is 3.48. The second-order valence-corrected chi connectivity index (χ2v) is 5.87. The zero-order chi connectivity index (χ0) is 15.2. The molecule has 1 aromatic carbocycles. The van der Waals surface area contributed by atoms with Crippen molar-refractivity contribution in [1.29, 1.82) is 0 Å². The summed E-state index contributed by atoms with van der Waals surface area (Å²) in [5.41, 5.74) is 0.162. The molecule has 0 aromatic heterocycles. The Labute approximate surface area is 133 Å². The summed E-state index contributed by atoms with van der Waals surface area (Å²) in [4.78, 5) is 23.6. The molecule has 114 valence electrons. The van der Waals surface area contributed by atoms with Gasteiger partial charge in [-0.2, -0.15) is 0 Å². The van der Waals surface area contributed by atoms with Crippen molar-refractivity contribution in [2.24, 2.45) is 0 Å². The van der Waals surface area contributed by atoms with Crippen LogP contribution in [0.1, 0.15) is 42.5 Å². The summed E-state index contributed by atoms with van der Waals surface area (Å²) in [6.07, 6.45) is 5.44. The van der Waals surface area contributed by atoms with Gasteiger partial charge in [-0.1, -0.05) is 48.5 Å². The molecule has 0 saturated heterocycles. The molecule has 0 spiro atoms. The Morgan fingerprint density at radius 1 is 1.19 bits per heavy atom. The van der Waals surface area contributed by atoms with Gasteiger partial charge in [0.25, 0.3) is 5.91 Å². The van der Waals surface area contributed by atoms with Gasteiger partial charge in [0.15, 0.2) is 6.61 Å². The SMILES string of the molecule is O=C(COC(=O)c1cccc(Cl)c1Cl)NC1CCCCC1. The molecular formula is C15H17Cl2NO3. The highest BCUT2D eigenvalue weighted by molar-refractivity contribution is 6.43. The topological polar surface area (TPSA) is 55.4 Å². The van der Waals surface area contributed by atoms with E-state index in [1.165, 1.54) is 12.5 Å². The zero-order valence-corrected chi connectivity index (χ0v) is 13.0. The zero-order valence-electron chi connectivity index (χ0n) is 11.5. The number of rotatable bonds is 4. The minimum absolute atomic E-state index is 0.136. The van der Waals surface area contributed by atoms with E-state index in [1.807, 2.05) is 0 Å². The first-order chi connectivity index (χ1) is 10.1. The molecule has 0 atom stereocenters. The van der Waals surface area contributed by atoms with Crippen molar-refractivity contribution < 1.29 is 14.3 Å². The monoisotopic (exact) mass is 329 g/mol. The molecule has 1 aliphatic rings. The number of carbonyl (C=O) groups excluding carboxylic acids is 2. The van der Waals surface area contributed by atoms with E-state index in [1.54, 1.807) is 12.1 Å². The van der Waals surface area contributed by atoms with Crippen molar-refractivity contribution in [3.05, 3.63) is 33.8 Å². The highest BCUT2D eigenvalue weighted by Crippen LogP contribution is 2.26. The molecule has 1 amide bonds. The second-order valence-electron chi connectivity index (χ2n) is 5.08. The minimum Gasteiger partial charge on any atom is -0.452 e. The summed E-state index contributed by atoms with van der Waals surface area (Å²) >= 11 is 11.8. The van der Waals surface area contributed by atoms with Gasteiger partial charge in [0.05, 0.1) is 15.6 Å². The fraction of sp³-hybridized carbons (Fsp3) is 0.467. The van der Waals surface area contributed by atoms with Crippen LogP contribution >= 0.6 is 23.2 Å². The number of amides is 1. The van der Waals surface area contributed by atoms with E-state index in [4.69, 9.17) is 27.9 Å². The van der Waals surface area contributed by atoms with Crippen LogP contribution < -0.4 is 5.32 Å². The first-order valence-electron chi connectivity index (χ1n) is 6.98. The molecule has 0 unspecified atom stereocenters. The van der Waals surface area contributed by atoms with Crippen LogP contribution in [0.25, 0.3) is 0 Å². The van der Waals surface area contributed by atoms with Crippen molar-refractivity contribution in [2.75, 3.05) is 6.61 Å². The molecular weight excluding hydrogens is 313 g/mol. The van der Waals surface area contributed by atoms with E-state index in [2.05, 4.69) is 5.32 Å². The largest absolute Gasteiger partial charge is 0.452 e. The van der Waals surface area contributed by atoms with Gasteiger partial charge in [-0.15, -0.1) is 0 Å². The minimum atomic E-state index is -0.652. The van der Waals surface area contributed by atoms with Gasteiger partial charge in [-0.05, 0) is 25.0 Å². The fourth-order valence-corrected chi connectivity index (χ4v) is 2.76. The molecule has 2 rings (SSSR count). The van der Waals surface area contributed by atoms with E-state index in [-0.39, 0.29) is 34.2 Å². The summed E-state index contributed by atoms with van der Waals surface area (Å²) in [5.74, 6) is -0.935. The van der Waals surface area contributed by atoms with Crippen LogP contribution in [0.15, 0.2) is 18.2 Å². The van der Waals surface area contributed by atoms with Crippen molar-refractivity contribution in [3.8, 4) is 0 Å². The summed E-state index contributed by atoms with van der Waals surface area (Å²) in [7, 11) is 0. The van der Waals surface area contributed by atoms with Crippen LogP contribution in [0.3, 0.4) is 0 Å². The van der Waals surface area contributed by atoms with E-state index in [9.17, 15) is 9.59 Å². The molecule has 0 bridgehead atoms. The summed E-state index contributed by atoms with van der Waals surface area (Å²) in [6.45, 7) is -0.307. The lowest BCUT2D eigenvalue weighted by atomic mass is 9.95. The second kappa shape index (κ2) is 7.66. The van der Waals surface area contributed by atoms with Crippen molar-refractivity contribution >= 4 is 35.1 Å². The van der Waals surface area contributed by atoms with Crippen LogP contribution in [0.2, 0.25) is 10.0 Å². The Morgan fingerprint density at radius 2 is 1.90 bits per heavy atom. The first kappa shape index (κ1) is 16.1. The molecule has 21 heavy (non-hydrogen) atoms. The Hall–Kier alpha value is -1.26. The molecule has 1 aliphatic carbocycles. The van der Waals surface area contributed by atoms with Gasteiger partial charge in [0.1, 0.15) is 0 Å². The van der Waals surface area contributed by atoms with E-state index in [0.717, 1.165) is 25.7 Å².